The fourth-order valence-electron chi connectivity index (χ4n) is 2.05. The maximum atomic E-state index is 6.17. The van der Waals surface area contributed by atoms with E-state index in [1.165, 1.54) is 0 Å². The topological polar surface area (TPSA) is 77.0 Å². The van der Waals surface area contributed by atoms with Crippen LogP contribution in [-0.4, -0.2) is 24.6 Å². The molecule has 4 nitrogen and oxygen atoms in total. The number of fused-ring (bicyclic) bond motifs is 1. The number of nitrogens with two attached hydrogens (primary N) is 2. The number of rotatable bonds is 7. The van der Waals surface area contributed by atoms with Crippen molar-refractivity contribution in [2.24, 2.45) is 11.5 Å². The van der Waals surface area contributed by atoms with Crippen molar-refractivity contribution in [3.63, 3.8) is 0 Å². The van der Waals surface area contributed by atoms with Crippen LogP contribution in [0.15, 0.2) is 36.4 Å². The second kappa shape index (κ2) is 7.19. The van der Waals surface area contributed by atoms with Crippen molar-refractivity contribution in [1.29, 1.82) is 0 Å². The van der Waals surface area contributed by atoms with Gasteiger partial charge in [-0.2, -0.15) is 0 Å². The Morgan fingerprint density at radius 3 is 2.79 bits per heavy atom. The van der Waals surface area contributed by atoms with E-state index >= 15 is 0 Å². The summed E-state index contributed by atoms with van der Waals surface area (Å²) < 4.78 is 0. The predicted octanol–water partition coefficient (Wildman–Crippen LogP) is 1.56. The van der Waals surface area contributed by atoms with Gasteiger partial charge in [-0.05, 0) is 44.6 Å². The van der Waals surface area contributed by atoms with E-state index in [2.05, 4.69) is 22.4 Å². The number of nitrogens with one attached hydrogen (secondary N) is 1. The molecular formula is C15H22N4. The van der Waals surface area contributed by atoms with Crippen molar-refractivity contribution in [3.8, 4) is 0 Å². The zero-order valence-corrected chi connectivity index (χ0v) is 11.2. The van der Waals surface area contributed by atoms with E-state index in [0.717, 1.165) is 49.1 Å². The first kappa shape index (κ1) is 13.9. The molecule has 0 saturated carbocycles. The minimum Gasteiger partial charge on any atom is -0.330 e. The van der Waals surface area contributed by atoms with Gasteiger partial charge in [0.2, 0.25) is 0 Å². The fraction of sp³-hybridized carbons (Fsp3) is 0.400. The largest absolute Gasteiger partial charge is 0.330 e. The molecule has 0 aliphatic rings. The molecule has 102 valence electrons. The highest BCUT2D eigenvalue weighted by Crippen LogP contribution is 2.16. The number of hydrogen-bond donors (Lipinski definition) is 3. The summed E-state index contributed by atoms with van der Waals surface area (Å²) in [5.41, 5.74) is 13.6. The molecule has 2 aromatic rings. The zero-order chi connectivity index (χ0) is 13.5. The highest BCUT2D eigenvalue weighted by atomic mass is 14.9. The van der Waals surface area contributed by atoms with E-state index in [0.29, 0.717) is 0 Å². The van der Waals surface area contributed by atoms with Crippen molar-refractivity contribution in [2.75, 3.05) is 19.6 Å². The van der Waals surface area contributed by atoms with Crippen LogP contribution in [0.1, 0.15) is 24.6 Å². The van der Waals surface area contributed by atoms with Crippen LogP contribution in [-0.2, 0) is 0 Å². The molecular weight excluding hydrogens is 236 g/mol. The van der Waals surface area contributed by atoms with Gasteiger partial charge in [0.1, 0.15) is 0 Å². The predicted molar refractivity (Wildman–Crippen MR) is 79.8 cm³/mol. The summed E-state index contributed by atoms with van der Waals surface area (Å²) in [4.78, 5) is 4.62. The number of hydrogen-bond acceptors (Lipinski definition) is 4. The second-order valence-electron chi connectivity index (χ2n) is 4.72. The lowest BCUT2D eigenvalue weighted by Crippen LogP contribution is -2.23. The molecule has 5 N–H and O–H groups in total. The van der Waals surface area contributed by atoms with Gasteiger partial charge in [-0.1, -0.05) is 24.3 Å². The minimum atomic E-state index is -0.0185. The lowest BCUT2D eigenvalue weighted by molar-refractivity contribution is 0.564. The number of pyridine rings is 1. The Balaban J connectivity index is 1.91. The Morgan fingerprint density at radius 1 is 1.11 bits per heavy atom. The highest BCUT2D eigenvalue weighted by molar-refractivity contribution is 5.78. The molecule has 1 unspecified atom stereocenters. The van der Waals surface area contributed by atoms with Crippen molar-refractivity contribution in [2.45, 2.75) is 18.9 Å². The third-order valence-corrected chi connectivity index (χ3v) is 3.19. The summed E-state index contributed by atoms with van der Waals surface area (Å²) in [6.07, 6.45) is 1.89. The molecule has 0 radical (unpaired) electrons. The average molecular weight is 258 g/mol. The number of benzene rings is 1. The van der Waals surface area contributed by atoms with E-state index in [1.807, 2.05) is 24.3 Å². The molecule has 19 heavy (non-hydrogen) atoms. The summed E-state index contributed by atoms with van der Waals surface area (Å²) in [5.74, 6) is 0. The lowest BCUT2D eigenvalue weighted by atomic mass is 10.1. The number of aromatic nitrogens is 1. The van der Waals surface area contributed by atoms with Gasteiger partial charge < -0.3 is 16.8 Å². The van der Waals surface area contributed by atoms with Crippen LogP contribution in [0.25, 0.3) is 10.9 Å². The van der Waals surface area contributed by atoms with Gasteiger partial charge >= 0.3 is 0 Å². The summed E-state index contributed by atoms with van der Waals surface area (Å²) in [7, 11) is 0. The maximum absolute atomic E-state index is 6.17. The van der Waals surface area contributed by atoms with Gasteiger partial charge in [-0.15, -0.1) is 0 Å². The molecule has 1 atom stereocenters. The van der Waals surface area contributed by atoms with Crippen LogP contribution >= 0.6 is 0 Å². The van der Waals surface area contributed by atoms with Crippen molar-refractivity contribution < 1.29 is 0 Å². The van der Waals surface area contributed by atoms with Crippen molar-refractivity contribution in [1.82, 2.24) is 10.3 Å². The van der Waals surface area contributed by atoms with E-state index < -0.39 is 0 Å². The summed E-state index contributed by atoms with van der Waals surface area (Å²) in [6, 6.07) is 12.2. The van der Waals surface area contributed by atoms with Gasteiger partial charge in [0.05, 0.1) is 11.2 Å². The van der Waals surface area contributed by atoms with Gasteiger partial charge in [0.15, 0.2) is 0 Å². The zero-order valence-electron chi connectivity index (χ0n) is 11.2. The molecule has 1 heterocycles. The lowest BCUT2D eigenvalue weighted by Gasteiger charge is -2.12. The van der Waals surface area contributed by atoms with Crippen LogP contribution in [0.2, 0.25) is 0 Å². The smallest absolute Gasteiger partial charge is 0.0706 e. The quantitative estimate of drug-likeness (QED) is 0.659. The standard InChI is InChI=1S/C15H22N4/c16-9-3-10-18-11-8-13(17)15-7-6-12-4-1-2-5-14(12)19-15/h1-2,4-7,13,18H,3,8-11,16-17H2. The average Bonchev–Trinajstić information content (AvgIpc) is 2.46. The molecule has 0 saturated heterocycles. The SMILES string of the molecule is NCCCNCCC(N)c1ccc2ccccc2n1. The first-order valence-corrected chi connectivity index (χ1v) is 6.83. The first-order valence-electron chi connectivity index (χ1n) is 6.83. The molecule has 1 aromatic heterocycles. The third-order valence-electron chi connectivity index (χ3n) is 3.19. The third kappa shape index (κ3) is 3.99. The second-order valence-corrected chi connectivity index (χ2v) is 4.72. The Labute approximate surface area is 114 Å². The van der Waals surface area contributed by atoms with Gasteiger partial charge in [0.25, 0.3) is 0 Å². The monoisotopic (exact) mass is 258 g/mol. The Kier molecular flexibility index (Phi) is 5.27. The Hall–Kier alpha value is -1.49. The van der Waals surface area contributed by atoms with Crippen LogP contribution < -0.4 is 16.8 Å². The molecule has 1 aromatic carbocycles. The summed E-state index contributed by atoms with van der Waals surface area (Å²) in [6.45, 7) is 2.58. The fourth-order valence-corrected chi connectivity index (χ4v) is 2.05. The Morgan fingerprint density at radius 2 is 1.95 bits per heavy atom. The summed E-state index contributed by atoms with van der Waals surface area (Å²) in [5, 5.41) is 4.49. The molecule has 4 heteroatoms. The molecule has 2 rings (SSSR count). The maximum Gasteiger partial charge on any atom is 0.0706 e. The van der Waals surface area contributed by atoms with E-state index in [-0.39, 0.29) is 6.04 Å². The van der Waals surface area contributed by atoms with E-state index in [4.69, 9.17) is 11.5 Å². The van der Waals surface area contributed by atoms with E-state index in [1.54, 1.807) is 0 Å². The molecule has 0 spiro atoms. The molecule has 0 amide bonds. The Bertz CT molecular complexity index is 512. The van der Waals surface area contributed by atoms with E-state index in [9.17, 15) is 0 Å². The molecule has 0 aliphatic heterocycles. The van der Waals surface area contributed by atoms with Crippen LogP contribution in [0.4, 0.5) is 0 Å². The molecule has 0 fully saturated rings. The number of nitrogens with zero attached hydrogens (tertiary/aromatic N) is 1. The first-order chi connectivity index (χ1) is 9.31. The van der Waals surface area contributed by atoms with Crippen molar-refractivity contribution in [3.05, 3.63) is 42.1 Å². The molecule has 0 aliphatic carbocycles. The number of para-hydroxylation sites is 1. The van der Waals surface area contributed by atoms with Crippen LogP contribution in [0.5, 0.6) is 0 Å². The van der Waals surface area contributed by atoms with Gasteiger partial charge in [0, 0.05) is 11.4 Å². The summed E-state index contributed by atoms with van der Waals surface area (Å²) >= 11 is 0. The normalized spacial score (nSPS) is 12.7. The minimum absolute atomic E-state index is 0.0185. The van der Waals surface area contributed by atoms with Gasteiger partial charge in [-0.3, -0.25) is 4.98 Å². The molecule has 0 bridgehead atoms. The van der Waals surface area contributed by atoms with Crippen LogP contribution in [0.3, 0.4) is 0 Å². The van der Waals surface area contributed by atoms with Crippen molar-refractivity contribution >= 4 is 10.9 Å². The van der Waals surface area contributed by atoms with Crippen LogP contribution in [0, 0.1) is 0 Å². The highest BCUT2D eigenvalue weighted by Gasteiger charge is 2.07. The van der Waals surface area contributed by atoms with Gasteiger partial charge in [-0.25, -0.2) is 0 Å².